The van der Waals surface area contributed by atoms with Crippen molar-refractivity contribution in [2.75, 3.05) is 10.2 Å². The van der Waals surface area contributed by atoms with Crippen molar-refractivity contribution in [2.45, 2.75) is 19.5 Å². The predicted octanol–water partition coefficient (Wildman–Crippen LogP) is 4.36. The van der Waals surface area contributed by atoms with Gasteiger partial charge in [0.2, 0.25) is 0 Å². The summed E-state index contributed by atoms with van der Waals surface area (Å²) in [6.45, 7) is 2.13. The molecule has 0 unspecified atom stereocenters. The Balaban J connectivity index is 1.84. The minimum atomic E-state index is -0.241. The molecular formula is C21H21N3O. The Morgan fingerprint density at radius 1 is 1.00 bits per heavy atom. The van der Waals surface area contributed by atoms with Crippen molar-refractivity contribution in [2.24, 2.45) is 7.05 Å². The average Bonchev–Trinajstić information content (AvgIpc) is 3.08. The molecule has 0 fully saturated rings. The van der Waals surface area contributed by atoms with Crippen molar-refractivity contribution >= 4 is 17.3 Å². The summed E-state index contributed by atoms with van der Waals surface area (Å²) in [5.41, 5.74) is 4.78. The van der Waals surface area contributed by atoms with Gasteiger partial charge in [-0.1, -0.05) is 31.2 Å². The minimum absolute atomic E-state index is 0.0183. The zero-order valence-corrected chi connectivity index (χ0v) is 14.4. The molecule has 3 aromatic rings. The second-order valence-electron chi connectivity index (χ2n) is 6.33. The molecule has 1 aliphatic heterocycles. The lowest BCUT2D eigenvalue weighted by Gasteiger charge is -2.38. The van der Waals surface area contributed by atoms with Crippen LogP contribution >= 0.6 is 0 Å². The number of aryl methyl sites for hydroxylation is 2. The fourth-order valence-corrected chi connectivity index (χ4v) is 3.38. The van der Waals surface area contributed by atoms with E-state index in [0.717, 1.165) is 23.5 Å². The highest BCUT2D eigenvalue weighted by molar-refractivity contribution is 6.12. The van der Waals surface area contributed by atoms with Gasteiger partial charge < -0.3 is 9.88 Å². The standard InChI is InChI=1S/C21H21N3O/c1-3-15-10-12-16(13-11-15)24-20(19-9-6-14-23(19)2)22-18-8-5-4-7-17(18)21(24)25/h4-14,20,22H,3H2,1-2H3/t20-/m0/s1. The fourth-order valence-electron chi connectivity index (χ4n) is 3.38. The Bertz CT molecular complexity index is 911. The van der Waals surface area contributed by atoms with E-state index in [1.165, 1.54) is 5.56 Å². The first-order chi connectivity index (χ1) is 12.2. The van der Waals surface area contributed by atoms with Crippen LogP contribution in [0.1, 0.15) is 34.7 Å². The van der Waals surface area contributed by atoms with E-state index in [1.54, 1.807) is 0 Å². The Kier molecular flexibility index (Phi) is 3.80. The molecule has 0 saturated carbocycles. The number of hydrogen-bond acceptors (Lipinski definition) is 2. The number of amides is 1. The van der Waals surface area contributed by atoms with Crippen LogP contribution in [0.25, 0.3) is 0 Å². The number of carbonyl (C=O) groups is 1. The summed E-state index contributed by atoms with van der Waals surface area (Å²) in [6.07, 6.45) is 2.74. The zero-order chi connectivity index (χ0) is 17.4. The highest BCUT2D eigenvalue weighted by Gasteiger charge is 2.34. The normalized spacial score (nSPS) is 16.5. The van der Waals surface area contributed by atoms with Crippen LogP contribution in [0.2, 0.25) is 0 Å². The summed E-state index contributed by atoms with van der Waals surface area (Å²) in [5, 5.41) is 3.53. The average molecular weight is 331 g/mol. The molecule has 2 aromatic carbocycles. The Hall–Kier alpha value is -3.01. The van der Waals surface area contributed by atoms with Crippen LogP contribution in [0.4, 0.5) is 11.4 Å². The van der Waals surface area contributed by atoms with Gasteiger partial charge in [-0.05, 0) is 48.4 Å². The number of nitrogens with one attached hydrogen (secondary N) is 1. The molecule has 0 spiro atoms. The molecule has 1 aliphatic rings. The van der Waals surface area contributed by atoms with Gasteiger partial charge in [0.25, 0.3) is 5.91 Å². The van der Waals surface area contributed by atoms with E-state index in [0.29, 0.717) is 5.56 Å². The molecule has 0 radical (unpaired) electrons. The molecule has 1 aromatic heterocycles. The fraction of sp³-hybridized carbons (Fsp3) is 0.190. The summed E-state index contributed by atoms with van der Waals surface area (Å²) in [7, 11) is 2.00. The molecule has 4 nitrogen and oxygen atoms in total. The molecule has 25 heavy (non-hydrogen) atoms. The number of carbonyl (C=O) groups excluding carboxylic acids is 1. The third kappa shape index (κ3) is 2.60. The Morgan fingerprint density at radius 3 is 2.44 bits per heavy atom. The highest BCUT2D eigenvalue weighted by atomic mass is 16.2. The molecule has 1 amide bonds. The van der Waals surface area contributed by atoms with Crippen molar-refractivity contribution in [3.05, 3.63) is 83.7 Å². The quantitative estimate of drug-likeness (QED) is 0.774. The number of para-hydroxylation sites is 1. The topological polar surface area (TPSA) is 37.3 Å². The second-order valence-corrected chi connectivity index (χ2v) is 6.33. The molecule has 0 saturated heterocycles. The summed E-state index contributed by atoms with van der Waals surface area (Å²) < 4.78 is 2.05. The zero-order valence-electron chi connectivity index (χ0n) is 14.4. The van der Waals surface area contributed by atoms with Crippen molar-refractivity contribution in [3.8, 4) is 0 Å². The number of anilines is 2. The van der Waals surface area contributed by atoms with Crippen molar-refractivity contribution < 1.29 is 4.79 Å². The minimum Gasteiger partial charge on any atom is -0.359 e. The first-order valence-corrected chi connectivity index (χ1v) is 8.58. The lowest BCUT2D eigenvalue weighted by molar-refractivity contribution is 0.0974. The summed E-state index contributed by atoms with van der Waals surface area (Å²) in [4.78, 5) is 15.1. The largest absolute Gasteiger partial charge is 0.359 e. The first kappa shape index (κ1) is 15.5. The number of rotatable bonds is 3. The van der Waals surface area contributed by atoms with Crippen LogP contribution in [0.5, 0.6) is 0 Å². The third-order valence-corrected chi connectivity index (χ3v) is 4.81. The summed E-state index contributed by atoms with van der Waals surface area (Å²) in [5.74, 6) is 0.0183. The molecule has 126 valence electrons. The van der Waals surface area contributed by atoms with E-state index in [1.807, 2.05) is 71.2 Å². The van der Waals surface area contributed by atoms with E-state index in [4.69, 9.17) is 0 Å². The Morgan fingerprint density at radius 2 is 1.76 bits per heavy atom. The maximum absolute atomic E-state index is 13.3. The number of fused-ring (bicyclic) bond motifs is 1. The predicted molar refractivity (Wildman–Crippen MR) is 101 cm³/mol. The van der Waals surface area contributed by atoms with E-state index >= 15 is 0 Å². The van der Waals surface area contributed by atoms with Gasteiger partial charge >= 0.3 is 0 Å². The maximum Gasteiger partial charge on any atom is 0.262 e. The van der Waals surface area contributed by atoms with Gasteiger partial charge in [-0.25, -0.2) is 0 Å². The van der Waals surface area contributed by atoms with Crippen LogP contribution in [0, 0.1) is 0 Å². The molecule has 4 rings (SSSR count). The molecule has 0 bridgehead atoms. The van der Waals surface area contributed by atoms with Crippen molar-refractivity contribution in [1.29, 1.82) is 0 Å². The van der Waals surface area contributed by atoms with Crippen LogP contribution < -0.4 is 10.2 Å². The van der Waals surface area contributed by atoms with Gasteiger partial charge in [0.05, 0.1) is 11.3 Å². The van der Waals surface area contributed by atoms with Gasteiger partial charge in [-0.15, -0.1) is 0 Å². The SMILES string of the molecule is CCc1ccc(N2C(=O)c3ccccc3N[C@@H]2c2cccn2C)cc1. The molecule has 1 N–H and O–H groups in total. The van der Waals surface area contributed by atoms with E-state index in [2.05, 4.69) is 24.4 Å². The van der Waals surface area contributed by atoms with Crippen LogP contribution in [-0.4, -0.2) is 10.5 Å². The molecular weight excluding hydrogens is 310 g/mol. The lowest BCUT2D eigenvalue weighted by atomic mass is 10.0. The molecule has 4 heteroatoms. The third-order valence-electron chi connectivity index (χ3n) is 4.81. The highest BCUT2D eigenvalue weighted by Crippen LogP contribution is 2.36. The maximum atomic E-state index is 13.3. The molecule has 1 atom stereocenters. The number of aromatic nitrogens is 1. The monoisotopic (exact) mass is 331 g/mol. The van der Waals surface area contributed by atoms with Gasteiger partial charge in [0.1, 0.15) is 6.17 Å². The van der Waals surface area contributed by atoms with E-state index in [9.17, 15) is 4.79 Å². The number of nitrogens with zero attached hydrogens (tertiary/aromatic N) is 2. The summed E-state index contributed by atoms with van der Waals surface area (Å²) >= 11 is 0. The number of benzene rings is 2. The van der Waals surface area contributed by atoms with Crippen LogP contribution in [0.15, 0.2) is 66.9 Å². The van der Waals surface area contributed by atoms with Crippen LogP contribution in [-0.2, 0) is 13.5 Å². The van der Waals surface area contributed by atoms with Gasteiger partial charge in [0, 0.05) is 24.6 Å². The van der Waals surface area contributed by atoms with E-state index in [-0.39, 0.29) is 12.1 Å². The van der Waals surface area contributed by atoms with Crippen LogP contribution in [0.3, 0.4) is 0 Å². The molecule has 2 heterocycles. The number of hydrogen-bond donors (Lipinski definition) is 1. The van der Waals surface area contributed by atoms with Gasteiger partial charge in [0.15, 0.2) is 0 Å². The lowest BCUT2D eigenvalue weighted by Crippen LogP contribution is -2.43. The first-order valence-electron chi connectivity index (χ1n) is 8.58. The van der Waals surface area contributed by atoms with Gasteiger partial charge in [-0.3, -0.25) is 9.69 Å². The Labute approximate surface area is 147 Å². The van der Waals surface area contributed by atoms with Gasteiger partial charge in [-0.2, -0.15) is 0 Å². The van der Waals surface area contributed by atoms with Crippen molar-refractivity contribution in [3.63, 3.8) is 0 Å². The van der Waals surface area contributed by atoms with E-state index < -0.39 is 0 Å². The van der Waals surface area contributed by atoms with Crippen molar-refractivity contribution in [1.82, 2.24) is 4.57 Å². The summed E-state index contributed by atoms with van der Waals surface area (Å²) in [6, 6.07) is 20.0. The smallest absolute Gasteiger partial charge is 0.262 e. The second kappa shape index (κ2) is 6.13. The molecule has 0 aliphatic carbocycles.